The highest BCUT2D eigenvalue weighted by Gasteiger charge is 2.51. The molecule has 0 amide bonds. The van der Waals surface area contributed by atoms with Crippen LogP contribution in [0.15, 0.2) is 162 Å². The largest absolute Gasteiger partial charge is 0.494 e. The molecular formula is C51H38BClN4O3. The molecule has 60 heavy (non-hydrogen) atoms. The van der Waals surface area contributed by atoms with Gasteiger partial charge in [0.25, 0.3) is 0 Å². The van der Waals surface area contributed by atoms with Crippen molar-refractivity contribution in [3.8, 4) is 50.7 Å². The van der Waals surface area contributed by atoms with Gasteiger partial charge in [-0.25, -0.2) is 4.98 Å². The quantitative estimate of drug-likeness (QED) is 0.156. The number of para-hydroxylation sites is 1. The molecular weight excluding hydrogens is 763 g/mol. The maximum atomic E-state index is 6.55. The molecule has 10 aromatic rings. The van der Waals surface area contributed by atoms with Gasteiger partial charge >= 0.3 is 7.12 Å². The lowest BCUT2D eigenvalue weighted by atomic mass is 9.78. The van der Waals surface area contributed by atoms with Crippen molar-refractivity contribution < 1.29 is 13.7 Å². The SMILES string of the molecule is CC1(C)OB(c2cccc(-c3ccc4c(c3)c3cc(-c5ccc6c(c5)oc5cc(-c7nc(Cl)nc(-c8ccccc8)n7)ccc56)ccc3n4-c3ccccc3)c2)OC1(C)C. The molecule has 0 bridgehead atoms. The maximum absolute atomic E-state index is 6.55. The minimum Gasteiger partial charge on any atom is -0.456 e. The minimum absolute atomic E-state index is 0.139. The Morgan fingerprint density at radius 3 is 1.60 bits per heavy atom. The van der Waals surface area contributed by atoms with E-state index in [9.17, 15) is 0 Å². The smallest absolute Gasteiger partial charge is 0.456 e. The van der Waals surface area contributed by atoms with Crippen molar-refractivity contribution in [3.05, 3.63) is 163 Å². The molecule has 1 fully saturated rings. The van der Waals surface area contributed by atoms with E-state index >= 15 is 0 Å². The van der Waals surface area contributed by atoms with Crippen LogP contribution in [-0.2, 0) is 9.31 Å². The molecule has 0 atom stereocenters. The van der Waals surface area contributed by atoms with E-state index in [2.05, 4.69) is 157 Å². The van der Waals surface area contributed by atoms with Gasteiger partial charge in [0.05, 0.1) is 22.2 Å². The van der Waals surface area contributed by atoms with E-state index in [1.54, 1.807) is 0 Å². The fourth-order valence-electron chi connectivity index (χ4n) is 8.37. The molecule has 11 rings (SSSR count). The second kappa shape index (κ2) is 13.7. The third-order valence-corrected chi connectivity index (χ3v) is 12.4. The van der Waals surface area contributed by atoms with E-state index in [1.807, 2.05) is 42.5 Å². The lowest BCUT2D eigenvalue weighted by molar-refractivity contribution is 0.00578. The molecule has 0 unspecified atom stereocenters. The highest BCUT2D eigenvalue weighted by Crippen LogP contribution is 2.40. The monoisotopic (exact) mass is 800 g/mol. The van der Waals surface area contributed by atoms with E-state index in [0.717, 1.165) is 82.9 Å². The highest BCUT2D eigenvalue weighted by molar-refractivity contribution is 6.62. The molecule has 0 saturated carbocycles. The molecule has 7 nitrogen and oxygen atoms in total. The van der Waals surface area contributed by atoms with Gasteiger partial charge in [0.1, 0.15) is 11.2 Å². The van der Waals surface area contributed by atoms with Crippen LogP contribution in [0, 0.1) is 0 Å². The number of rotatable bonds is 6. The number of furan rings is 1. The number of benzene rings is 7. The molecule has 1 saturated heterocycles. The first kappa shape index (κ1) is 36.5. The predicted octanol–water partition coefficient (Wildman–Crippen LogP) is 12.5. The zero-order chi connectivity index (χ0) is 40.8. The zero-order valence-electron chi connectivity index (χ0n) is 33.5. The van der Waals surface area contributed by atoms with Crippen molar-refractivity contribution in [2.24, 2.45) is 0 Å². The number of nitrogens with zero attached hydrogens (tertiary/aromatic N) is 4. The Balaban J connectivity index is 0.993. The van der Waals surface area contributed by atoms with Crippen molar-refractivity contribution in [1.29, 1.82) is 0 Å². The topological polar surface area (TPSA) is 75.2 Å². The predicted molar refractivity (Wildman–Crippen MR) is 244 cm³/mol. The average molecular weight is 801 g/mol. The fraction of sp³-hybridized carbons (Fsp3) is 0.118. The third-order valence-electron chi connectivity index (χ3n) is 12.2. The summed E-state index contributed by atoms with van der Waals surface area (Å²) in [5, 5.41) is 4.52. The molecule has 0 aliphatic carbocycles. The first-order chi connectivity index (χ1) is 29.1. The van der Waals surface area contributed by atoms with E-state index in [0.29, 0.717) is 11.6 Å². The second-order valence-corrected chi connectivity index (χ2v) is 16.8. The van der Waals surface area contributed by atoms with E-state index in [4.69, 9.17) is 30.3 Å². The number of hydrogen-bond acceptors (Lipinski definition) is 6. The van der Waals surface area contributed by atoms with Gasteiger partial charge in [-0.05, 0) is 128 Å². The molecule has 3 aromatic heterocycles. The number of fused-ring (bicyclic) bond motifs is 6. The van der Waals surface area contributed by atoms with Crippen LogP contribution in [0.2, 0.25) is 5.28 Å². The van der Waals surface area contributed by atoms with Gasteiger partial charge in [-0.2, -0.15) is 9.97 Å². The second-order valence-electron chi connectivity index (χ2n) is 16.5. The molecule has 0 spiro atoms. The number of halogens is 1. The summed E-state index contributed by atoms with van der Waals surface area (Å²) in [5.74, 6) is 1.01. The van der Waals surface area contributed by atoms with Gasteiger partial charge in [-0.15, -0.1) is 0 Å². The summed E-state index contributed by atoms with van der Waals surface area (Å²) in [6, 6.07) is 54.8. The van der Waals surface area contributed by atoms with Crippen molar-refractivity contribution in [2.75, 3.05) is 0 Å². The summed E-state index contributed by atoms with van der Waals surface area (Å²) in [6.07, 6.45) is 0. The van der Waals surface area contributed by atoms with Gasteiger partial charge in [0, 0.05) is 38.4 Å². The first-order valence-corrected chi connectivity index (χ1v) is 20.5. The van der Waals surface area contributed by atoms with Gasteiger partial charge in [-0.1, -0.05) is 97.1 Å². The van der Waals surface area contributed by atoms with Gasteiger partial charge < -0.3 is 18.3 Å². The third kappa shape index (κ3) is 6.10. The number of aromatic nitrogens is 4. The molecule has 9 heteroatoms. The minimum atomic E-state index is -0.435. The van der Waals surface area contributed by atoms with Crippen molar-refractivity contribution in [2.45, 2.75) is 38.9 Å². The van der Waals surface area contributed by atoms with Gasteiger partial charge in [0.2, 0.25) is 5.28 Å². The Bertz CT molecular complexity index is 3290. The lowest BCUT2D eigenvalue weighted by Gasteiger charge is -2.32. The van der Waals surface area contributed by atoms with Gasteiger partial charge in [-0.3, -0.25) is 0 Å². The molecule has 290 valence electrons. The van der Waals surface area contributed by atoms with E-state index in [1.165, 1.54) is 5.39 Å². The van der Waals surface area contributed by atoms with Crippen LogP contribution in [-0.4, -0.2) is 37.8 Å². The summed E-state index contributed by atoms with van der Waals surface area (Å²) >= 11 is 6.39. The molecule has 0 radical (unpaired) electrons. The maximum Gasteiger partial charge on any atom is 0.494 e. The lowest BCUT2D eigenvalue weighted by Crippen LogP contribution is -2.41. The van der Waals surface area contributed by atoms with Crippen LogP contribution in [0.3, 0.4) is 0 Å². The van der Waals surface area contributed by atoms with Crippen molar-refractivity contribution >= 4 is 67.9 Å². The van der Waals surface area contributed by atoms with Crippen LogP contribution < -0.4 is 5.46 Å². The normalized spacial score (nSPS) is 14.8. The average Bonchev–Trinajstić information content (AvgIpc) is 3.88. The van der Waals surface area contributed by atoms with Crippen LogP contribution in [0.25, 0.3) is 94.5 Å². The summed E-state index contributed by atoms with van der Waals surface area (Å²) in [4.78, 5) is 13.6. The van der Waals surface area contributed by atoms with Gasteiger partial charge in [0.15, 0.2) is 11.6 Å². The first-order valence-electron chi connectivity index (χ1n) is 20.1. The molecule has 4 heterocycles. The Hall–Kier alpha value is -6.58. The molecule has 1 aliphatic heterocycles. The fourth-order valence-corrected chi connectivity index (χ4v) is 8.53. The Kier molecular flexibility index (Phi) is 8.36. The summed E-state index contributed by atoms with van der Waals surface area (Å²) in [5.41, 5.74) is 11.1. The van der Waals surface area contributed by atoms with Crippen LogP contribution in [0.5, 0.6) is 0 Å². The summed E-state index contributed by atoms with van der Waals surface area (Å²) in [6.45, 7) is 8.35. The highest BCUT2D eigenvalue weighted by atomic mass is 35.5. The van der Waals surface area contributed by atoms with Crippen molar-refractivity contribution in [3.63, 3.8) is 0 Å². The van der Waals surface area contributed by atoms with E-state index < -0.39 is 18.3 Å². The molecule has 1 aliphatic rings. The van der Waals surface area contributed by atoms with Crippen molar-refractivity contribution in [1.82, 2.24) is 19.5 Å². The molecule has 0 N–H and O–H groups in total. The summed E-state index contributed by atoms with van der Waals surface area (Å²) < 4.78 is 21.7. The Morgan fingerprint density at radius 1 is 0.467 bits per heavy atom. The van der Waals surface area contributed by atoms with Crippen LogP contribution in [0.4, 0.5) is 0 Å². The zero-order valence-corrected chi connectivity index (χ0v) is 34.2. The van der Waals surface area contributed by atoms with E-state index in [-0.39, 0.29) is 5.28 Å². The standard InChI is InChI=1S/C51H38BClN4O3/c1-50(2)51(3,4)60-52(59-50)37-15-11-14-32(26-37)33-20-24-43-41(27-33)42-28-34(21-25-44(42)57(43)38-16-9-6-10-17-38)35-18-22-39-40-23-19-36(30-46(40)58-45(39)29-35)48-54-47(55-49(53)56-48)31-12-7-5-8-13-31/h5-30H,1-4H3. The number of hydrogen-bond donors (Lipinski definition) is 0. The summed E-state index contributed by atoms with van der Waals surface area (Å²) in [7, 11) is -0.435. The van der Waals surface area contributed by atoms with Crippen LogP contribution in [0.1, 0.15) is 27.7 Å². The van der Waals surface area contributed by atoms with Crippen LogP contribution >= 0.6 is 11.6 Å². The Labute approximate surface area is 352 Å². The Morgan fingerprint density at radius 2 is 0.967 bits per heavy atom. The molecule has 7 aromatic carbocycles.